The number of rotatable bonds is 3. The Morgan fingerprint density at radius 1 is 1.26 bits per heavy atom. The summed E-state index contributed by atoms with van der Waals surface area (Å²) in [6.45, 7) is 8.14. The molecule has 0 radical (unpaired) electrons. The Balaban J connectivity index is 3.16. The molecule has 2 nitrogen and oxygen atoms in total. The van der Waals surface area contributed by atoms with Gasteiger partial charge in [0.1, 0.15) is 0 Å². The molecule has 5 heteroatoms. The van der Waals surface area contributed by atoms with Crippen LogP contribution in [0.5, 0.6) is 0 Å². The topological polar surface area (TPSA) is 38.0 Å². The van der Waals surface area contributed by atoms with E-state index in [-0.39, 0.29) is 17.5 Å². The smallest absolute Gasteiger partial charge is 0.0727 e. The van der Waals surface area contributed by atoms with Crippen molar-refractivity contribution in [2.45, 2.75) is 39.8 Å². The highest BCUT2D eigenvalue weighted by molar-refractivity contribution is 7.80. The summed E-state index contributed by atoms with van der Waals surface area (Å²) >= 11 is 17.2. The van der Waals surface area contributed by atoms with Crippen molar-refractivity contribution in [2.75, 3.05) is 0 Å². The van der Waals surface area contributed by atoms with Gasteiger partial charge in [-0.15, -0.1) is 0 Å². The molecule has 1 aromatic rings. The van der Waals surface area contributed by atoms with Gasteiger partial charge in [0.05, 0.1) is 21.1 Å². The zero-order valence-corrected chi connectivity index (χ0v) is 14.0. The average molecular weight is 319 g/mol. The van der Waals surface area contributed by atoms with Gasteiger partial charge in [0, 0.05) is 6.04 Å². The second-order valence-electron chi connectivity index (χ2n) is 5.74. The number of benzene rings is 1. The van der Waals surface area contributed by atoms with Gasteiger partial charge in [-0.1, -0.05) is 62.3 Å². The molecule has 0 spiro atoms. The molecule has 106 valence electrons. The molecule has 1 aromatic carbocycles. The second kappa shape index (κ2) is 6.40. The van der Waals surface area contributed by atoms with E-state index in [1.165, 1.54) is 0 Å². The van der Waals surface area contributed by atoms with Crippen molar-refractivity contribution in [3.05, 3.63) is 33.8 Å². The summed E-state index contributed by atoms with van der Waals surface area (Å²) in [4.78, 5) is 0.704. The molecule has 0 saturated heterocycles. The molecule has 0 aliphatic heterocycles. The lowest BCUT2D eigenvalue weighted by atomic mass is 9.80. The lowest BCUT2D eigenvalue weighted by molar-refractivity contribution is 0.271. The van der Waals surface area contributed by atoms with E-state index >= 15 is 0 Å². The van der Waals surface area contributed by atoms with Crippen LogP contribution in [-0.2, 0) is 0 Å². The quantitative estimate of drug-likeness (QED) is 0.814. The molecule has 0 amide bonds. The van der Waals surface area contributed by atoms with E-state index in [2.05, 4.69) is 26.1 Å². The Morgan fingerprint density at radius 2 is 1.84 bits per heavy atom. The first-order valence-corrected chi connectivity index (χ1v) is 7.27. The molecule has 0 saturated carbocycles. The molecule has 0 aliphatic rings. The Labute approximate surface area is 130 Å². The van der Waals surface area contributed by atoms with Gasteiger partial charge in [0.15, 0.2) is 0 Å². The van der Waals surface area contributed by atoms with E-state index in [4.69, 9.17) is 41.2 Å². The zero-order chi connectivity index (χ0) is 14.8. The van der Waals surface area contributed by atoms with Crippen molar-refractivity contribution in [3.8, 4) is 0 Å². The normalized spacial score (nSPS) is 14.9. The van der Waals surface area contributed by atoms with E-state index in [9.17, 15) is 0 Å². The minimum Gasteiger partial charge on any atom is -0.371 e. The van der Waals surface area contributed by atoms with Gasteiger partial charge in [-0.2, -0.15) is 0 Å². The third-order valence-electron chi connectivity index (χ3n) is 3.02. The maximum atomic E-state index is 6.37. The molecule has 0 aliphatic carbocycles. The Bertz CT molecular complexity index is 469. The van der Waals surface area contributed by atoms with Crippen molar-refractivity contribution >= 4 is 40.4 Å². The molecule has 19 heavy (non-hydrogen) atoms. The number of hydrogen-bond acceptors (Lipinski definition) is 2. The fourth-order valence-electron chi connectivity index (χ4n) is 1.81. The fourth-order valence-corrected chi connectivity index (χ4v) is 2.24. The maximum Gasteiger partial charge on any atom is 0.0727 e. The fraction of sp³-hybridized carbons (Fsp3) is 0.500. The van der Waals surface area contributed by atoms with E-state index < -0.39 is 0 Å². The summed E-state index contributed by atoms with van der Waals surface area (Å²) in [6.07, 6.45) is 0. The number of nitrogens with one attached hydrogen (secondary N) is 1. The lowest BCUT2D eigenvalue weighted by Gasteiger charge is -2.35. The first kappa shape index (κ1) is 16.7. The van der Waals surface area contributed by atoms with Crippen LogP contribution in [-0.4, -0.2) is 11.0 Å². The monoisotopic (exact) mass is 318 g/mol. The Kier molecular flexibility index (Phi) is 5.63. The molecule has 2 atom stereocenters. The van der Waals surface area contributed by atoms with Crippen molar-refractivity contribution in [3.63, 3.8) is 0 Å². The molecule has 0 aromatic heterocycles. The molecular weight excluding hydrogens is 299 g/mol. The average Bonchev–Trinajstić information content (AvgIpc) is 2.27. The minimum absolute atomic E-state index is 0.0610. The first-order valence-electron chi connectivity index (χ1n) is 6.10. The van der Waals surface area contributed by atoms with Crippen LogP contribution >= 0.6 is 35.4 Å². The molecule has 0 fully saturated rings. The summed E-state index contributed by atoms with van der Waals surface area (Å²) in [5.74, 6) is 0. The number of thiocarbonyl (C=S) groups is 1. The van der Waals surface area contributed by atoms with Gasteiger partial charge in [0.25, 0.3) is 0 Å². The van der Waals surface area contributed by atoms with E-state index in [0.29, 0.717) is 15.0 Å². The van der Waals surface area contributed by atoms with Gasteiger partial charge in [-0.05, 0) is 30.0 Å². The van der Waals surface area contributed by atoms with Gasteiger partial charge in [0.2, 0.25) is 0 Å². The third kappa shape index (κ3) is 4.60. The summed E-state index contributed by atoms with van der Waals surface area (Å²) in [5.41, 5.74) is 7.29. The Morgan fingerprint density at radius 3 is 2.26 bits per heavy atom. The van der Waals surface area contributed by atoms with Crippen LogP contribution in [0.1, 0.15) is 39.3 Å². The van der Waals surface area contributed by atoms with E-state index in [1.54, 1.807) is 6.07 Å². The molecule has 0 heterocycles. The van der Waals surface area contributed by atoms with E-state index in [1.807, 2.05) is 19.1 Å². The second-order valence-corrected chi connectivity index (χ2v) is 7.17. The van der Waals surface area contributed by atoms with Crippen molar-refractivity contribution in [1.29, 1.82) is 0 Å². The first-order chi connectivity index (χ1) is 8.62. The number of halogens is 2. The van der Waals surface area contributed by atoms with E-state index in [0.717, 1.165) is 5.56 Å². The molecule has 0 bridgehead atoms. The van der Waals surface area contributed by atoms with Crippen molar-refractivity contribution in [1.82, 2.24) is 5.32 Å². The van der Waals surface area contributed by atoms with Crippen LogP contribution in [0, 0.1) is 5.41 Å². The van der Waals surface area contributed by atoms with Crippen LogP contribution in [0.3, 0.4) is 0 Å². The zero-order valence-electron chi connectivity index (χ0n) is 11.6. The summed E-state index contributed by atoms with van der Waals surface area (Å²) in [6, 6.07) is 5.35. The SMILES string of the molecule is CC(=S)NC(c1ccc(Cl)c(Cl)c1)C(N)C(C)(C)C. The largest absolute Gasteiger partial charge is 0.371 e. The molecule has 2 unspecified atom stereocenters. The third-order valence-corrected chi connectivity index (χ3v) is 3.88. The molecule has 3 N–H and O–H groups in total. The van der Waals surface area contributed by atoms with Gasteiger partial charge < -0.3 is 11.1 Å². The van der Waals surface area contributed by atoms with Crippen LogP contribution in [0.15, 0.2) is 18.2 Å². The van der Waals surface area contributed by atoms with Crippen LogP contribution in [0.25, 0.3) is 0 Å². The standard InChI is InChI=1S/C14H20Cl2N2S/c1-8(19)18-12(13(17)14(2,3)4)9-5-6-10(15)11(16)7-9/h5-7,12-13H,17H2,1-4H3,(H,18,19). The van der Waals surface area contributed by atoms with Crippen LogP contribution in [0.2, 0.25) is 10.0 Å². The molecule has 1 rings (SSSR count). The maximum absolute atomic E-state index is 6.37. The highest BCUT2D eigenvalue weighted by Crippen LogP contribution is 2.32. The van der Waals surface area contributed by atoms with Crippen molar-refractivity contribution in [2.24, 2.45) is 11.1 Å². The Hall–Kier alpha value is -0.350. The van der Waals surface area contributed by atoms with Gasteiger partial charge in [-0.25, -0.2) is 0 Å². The number of hydrogen-bond donors (Lipinski definition) is 2. The van der Waals surface area contributed by atoms with Crippen LogP contribution in [0.4, 0.5) is 0 Å². The highest BCUT2D eigenvalue weighted by Gasteiger charge is 2.30. The number of nitrogens with two attached hydrogens (primary N) is 1. The molecular formula is C14H20Cl2N2S. The van der Waals surface area contributed by atoms with Crippen molar-refractivity contribution < 1.29 is 0 Å². The highest BCUT2D eigenvalue weighted by atomic mass is 35.5. The lowest BCUT2D eigenvalue weighted by Crippen LogP contribution is -2.47. The summed E-state index contributed by atoms with van der Waals surface area (Å²) in [5, 5.41) is 4.31. The summed E-state index contributed by atoms with van der Waals surface area (Å²) in [7, 11) is 0. The predicted molar refractivity (Wildman–Crippen MR) is 88.0 cm³/mol. The minimum atomic E-state index is -0.109. The predicted octanol–water partition coefficient (Wildman–Crippen LogP) is 4.34. The van der Waals surface area contributed by atoms with Gasteiger partial charge in [-0.3, -0.25) is 0 Å². The van der Waals surface area contributed by atoms with Gasteiger partial charge >= 0.3 is 0 Å². The summed E-state index contributed by atoms with van der Waals surface area (Å²) < 4.78 is 0. The van der Waals surface area contributed by atoms with Crippen LogP contribution < -0.4 is 11.1 Å².